The van der Waals surface area contributed by atoms with E-state index in [4.69, 9.17) is 9.15 Å². The third-order valence-corrected chi connectivity index (χ3v) is 5.14. The van der Waals surface area contributed by atoms with E-state index in [0.717, 1.165) is 22.1 Å². The van der Waals surface area contributed by atoms with E-state index in [-0.39, 0.29) is 12.5 Å². The molecule has 6 nitrogen and oxygen atoms in total. The van der Waals surface area contributed by atoms with Crippen LogP contribution < -0.4 is 15.7 Å². The average Bonchev–Trinajstić information content (AvgIpc) is 2.82. The second kappa shape index (κ2) is 9.49. The van der Waals surface area contributed by atoms with Crippen LogP contribution in [0.15, 0.2) is 94.1 Å². The number of ether oxygens (including phenoxy) is 1. The minimum atomic E-state index is -0.807. The maximum absolute atomic E-state index is 12.4. The molecule has 1 aromatic heterocycles. The smallest absolute Gasteiger partial charge is 0.336 e. The number of hydrogen-bond donors (Lipinski definition) is 2. The van der Waals surface area contributed by atoms with Gasteiger partial charge in [-0.1, -0.05) is 60.7 Å². The molecule has 0 aliphatic rings. The van der Waals surface area contributed by atoms with Gasteiger partial charge in [0, 0.05) is 24.1 Å². The van der Waals surface area contributed by atoms with Gasteiger partial charge in [0.1, 0.15) is 11.3 Å². The lowest BCUT2D eigenvalue weighted by atomic mass is 10.0. The summed E-state index contributed by atoms with van der Waals surface area (Å²) < 4.78 is 11.1. The first-order chi connectivity index (χ1) is 15.5. The molecular weight excluding hydrogens is 406 g/mol. The van der Waals surface area contributed by atoms with Gasteiger partial charge in [0.25, 0.3) is 5.91 Å². The molecule has 2 atom stereocenters. The molecule has 0 saturated heterocycles. The van der Waals surface area contributed by atoms with E-state index in [1.54, 1.807) is 37.3 Å². The average molecular weight is 429 g/mol. The minimum absolute atomic E-state index is 0.0730. The molecule has 6 heteroatoms. The molecule has 4 rings (SSSR count). The van der Waals surface area contributed by atoms with Crippen molar-refractivity contribution in [1.29, 1.82) is 0 Å². The normalized spacial score (nSPS) is 12.8. The molecule has 0 aliphatic heterocycles. The lowest BCUT2D eigenvalue weighted by molar-refractivity contribution is -0.127. The molecule has 0 fully saturated rings. The summed E-state index contributed by atoms with van der Waals surface area (Å²) in [6.45, 7) is 1.69. The number of carbonyl (C=O) groups is 1. The van der Waals surface area contributed by atoms with Crippen molar-refractivity contribution >= 4 is 16.9 Å². The van der Waals surface area contributed by atoms with Gasteiger partial charge >= 0.3 is 5.63 Å². The SMILES string of the molecule is C[C@H](Oc1ccc2c(-c3ccccc3)cc(=O)oc2c1)C(=O)NC[C@@H](O)c1ccccc1. The molecule has 0 saturated carbocycles. The van der Waals surface area contributed by atoms with Crippen molar-refractivity contribution in [2.45, 2.75) is 19.1 Å². The standard InChI is InChI=1S/C26H23NO5/c1-17(26(30)27-16-23(28)19-10-6-3-7-11-19)31-20-12-13-21-22(18-8-4-2-5-9-18)15-25(29)32-24(21)14-20/h2-15,17,23,28H,16H2,1H3,(H,27,30)/t17-,23+/m0/s1. The van der Waals surface area contributed by atoms with Crippen LogP contribution in [0.3, 0.4) is 0 Å². The van der Waals surface area contributed by atoms with Gasteiger partial charge < -0.3 is 19.6 Å². The fourth-order valence-electron chi connectivity index (χ4n) is 3.46. The predicted molar refractivity (Wildman–Crippen MR) is 122 cm³/mol. The quantitative estimate of drug-likeness (QED) is 0.432. The molecular formula is C26H23NO5. The van der Waals surface area contributed by atoms with E-state index >= 15 is 0 Å². The summed E-state index contributed by atoms with van der Waals surface area (Å²) in [5.74, 6) is 0.0386. The van der Waals surface area contributed by atoms with Crippen molar-refractivity contribution in [3.63, 3.8) is 0 Å². The third-order valence-electron chi connectivity index (χ3n) is 5.14. The van der Waals surface area contributed by atoms with Crippen molar-refractivity contribution < 1.29 is 19.1 Å². The highest BCUT2D eigenvalue weighted by Crippen LogP contribution is 2.29. The second-order valence-corrected chi connectivity index (χ2v) is 7.43. The Hall–Kier alpha value is -3.90. The molecule has 0 radical (unpaired) electrons. The van der Waals surface area contributed by atoms with Crippen LogP contribution in [0.5, 0.6) is 5.75 Å². The number of nitrogens with one attached hydrogen (secondary N) is 1. The molecule has 0 spiro atoms. The number of fused-ring (bicyclic) bond motifs is 1. The fraction of sp³-hybridized carbons (Fsp3) is 0.154. The number of rotatable bonds is 7. The summed E-state index contributed by atoms with van der Waals surface area (Å²) >= 11 is 0. The zero-order chi connectivity index (χ0) is 22.5. The van der Waals surface area contributed by atoms with Gasteiger partial charge in [-0.25, -0.2) is 4.79 Å². The van der Waals surface area contributed by atoms with E-state index in [1.165, 1.54) is 6.07 Å². The van der Waals surface area contributed by atoms with Crippen LogP contribution in [0.1, 0.15) is 18.6 Å². The molecule has 0 aliphatic carbocycles. The van der Waals surface area contributed by atoms with Crippen molar-refractivity contribution in [1.82, 2.24) is 5.32 Å². The highest BCUT2D eigenvalue weighted by Gasteiger charge is 2.17. The van der Waals surface area contributed by atoms with Crippen molar-refractivity contribution in [2.24, 2.45) is 0 Å². The van der Waals surface area contributed by atoms with Gasteiger partial charge in [0.15, 0.2) is 6.10 Å². The summed E-state index contributed by atoms with van der Waals surface area (Å²) in [5, 5.41) is 13.7. The number of carbonyl (C=O) groups excluding carboxylic acids is 1. The topological polar surface area (TPSA) is 88.8 Å². The van der Waals surface area contributed by atoms with E-state index in [2.05, 4.69) is 5.32 Å². The maximum atomic E-state index is 12.4. The van der Waals surface area contributed by atoms with E-state index < -0.39 is 17.8 Å². The Balaban J connectivity index is 1.47. The summed E-state index contributed by atoms with van der Waals surface area (Å²) in [6, 6.07) is 25.3. The van der Waals surface area contributed by atoms with Gasteiger partial charge in [0.2, 0.25) is 0 Å². The van der Waals surface area contributed by atoms with Crippen LogP contribution >= 0.6 is 0 Å². The zero-order valence-electron chi connectivity index (χ0n) is 17.5. The van der Waals surface area contributed by atoms with Gasteiger partial charge in [-0.2, -0.15) is 0 Å². The van der Waals surface area contributed by atoms with E-state index in [0.29, 0.717) is 11.3 Å². The maximum Gasteiger partial charge on any atom is 0.336 e. The highest BCUT2D eigenvalue weighted by atomic mass is 16.5. The second-order valence-electron chi connectivity index (χ2n) is 7.43. The number of benzene rings is 3. The first kappa shape index (κ1) is 21.3. The van der Waals surface area contributed by atoms with E-state index in [9.17, 15) is 14.7 Å². The van der Waals surface area contributed by atoms with Gasteiger partial charge in [-0.3, -0.25) is 4.79 Å². The Bertz CT molecular complexity index is 1270. The third kappa shape index (κ3) is 4.87. The largest absolute Gasteiger partial charge is 0.481 e. The zero-order valence-corrected chi connectivity index (χ0v) is 17.5. The Morgan fingerprint density at radius 1 is 1.00 bits per heavy atom. The fourth-order valence-corrected chi connectivity index (χ4v) is 3.46. The summed E-state index contributed by atoms with van der Waals surface area (Å²) in [7, 11) is 0. The Morgan fingerprint density at radius 2 is 1.69 bits per heavy atom. The number of hydrogen-bond acceptors (Lipinski definition) is 5. The molecule has 1 amide bonds. The van der Waals surface area contributed by atoms with Crippen molar-refractivity contribution in [3.05, 3.63) is 101 Å². The van der Waals surface area contributed by atoms with Crippen molar-refractivity contribution in [3.8, 4) is 16.9 Å². The Labute approximate surface area is 185 Å². The number of aliphatic hydroxyl groups is 1. The highest BCUT2D eigenvalue weighted by molar-refractivity contribution is 5.93. The summed E-state index contributed by atoms with van der Waals surface area (Å²) in [6.07, 6.45) is -1.61. The van der Waals surface area contributed by atoms with Crippen LogP contribution in [-0.2, 0) is 4.79 Å². The molecule has 3 aromatic carbocycles. The number of aliphatic hydroxyl groups excluding tert-OH is 1. The van der Waals surface area contributed by atoms with Gasteiger partial charge in [-0.05, 0) is 35.7 Å². The Kier molecular flexibility index (Phi) is 6.33. The molecule has 0 bridgehead atoms. The summed E-state index contributed by atoms with van der Waals surface area (Å²) in [5.41, 5.74) is 2.31. The number of amides is 1. The lowest BCUT2D eigenvalue weighted by Crippen LogP contribution is -2.38. The molecule has 162 valence electrons. The van der Waals surface area contributed by atoms with E-state index in [1.807, 2.05) is 48.5 Å². The molecule has 2 N–H and O–H groups in total. The molecule has 0 unspecified atom stereocenters. The van der Waals surface area contributed by atoms with Crippen LogP contribution in [0.4, 0.5) is 0 Å². The lowest BCUT2D eigenvalue weighted by Gasteiger charge is -2.17. The van der Waals surface area contributed by atoms with Crippen LogP contribution in [0, 0.1) is 0 Å². The van der Waals surface area contributed by atoms with Gasteiger partial charge in [-0.15, -0.1) is 0 Å². The molecule has 1 heterocycles. The monoisotopic (exact) mass is 429 g/mol. The first-order valence-electron chi connectivity index (χ1n) is 10.3. The van der Waals surface area contributed by atoms with Crippen LogP contribution in [0.2, 0.25) is 0 Å². The molecule has 4 aromatic rings. The Morgan fingerprint density at radius 3 is 2.41 bits per heavy atom. The molecule has 32 heavy (non-hydrogen) atoms. The predicted octanol–water partition coefficient (Wildman–Crippen LogP) is 4.08. The van der Waals surface area contributed by atoms with Crippen LogP contribution in [-0.4, -0.2) is 23.7 Å². The summed E-state index contributed by atoms with van der Waals surface area (Å²) in [4.78, 5) is 24.5. The van der Waals surface area contributed by atoms with Gasteiger partial charge in [0.05, 0.1) is 6.10 Å². The first-order valence-corrected chi connectivity index (χ1v) is 10.3. The van der Waals surface area contributed by atoms with Crippen molar-refractivity contribution in [2.75, 3.05) is 6.54 Å². The minimum Gasteiger partial charge on any atom is -0.481 e. The van der Waals surface area contributed by atoms with Crippen LogP contribution in [0.25, 0.3) is 22.1 Å².